The van der Waals surface area contributed by atoms with E-state index in [4.69, 9.17) is 0 Å². The fraction of sp³-hybridized carbons (Fsp3) is 0.923. The highest BCUT2D eigenvalue weighted by molar-refractivity contribution is 5.75. The molecule has 4 heteroatoms. The summed E-state index contributed by atoms with van der Waals surface area (Å²) in [4.78, 5) is 16.0. The van der Waals surface area contributed by atoms with Crippen LogP contribution in [-0.4, -0.2) is 63.0 Å². The Balaban J connectivity index is 2.18. The monoisotopic (exact) mass is 241 g/mol. The lowest BCUT2D eigenvalue weighted by molar-refractivity contribution is -0.130. The molecule has 0 bridgehead atoms. The van der Waals surface area contributed by atoms with Crippen molar-refractivity contribution >= 4 is 5.91 Å². The van der Waals surface area contributed by atoms with E-state index in [1.807, 2.05) is 19.0 Å². The Bertz CT molecular complexity index is 233. The molecular weight excluding hydrogens is 214 g/mol. The molecule has 1 saturated heterocycles. The molecule has 1 N–H and O–H groups in total. The molecule has 0 radical (unpaired) electrons. The number of rotatable bonds is 6. The number of likely N-dealkylation sites (tertiary alicyclic amines) is 1. The van der Waals surface area contributed by atoms with E-state index in [0.717, 1.165) is 25.4 Å². The first kappa shape index (κ1) is 14.5. The minimum atomic E-state index is 0.253. The number of nitrogens with one attached hydrogen (secondary N) is 1. The molecule has 0 saturated carbocycles. The molecule has 1 rings (SSSR count). The molecule has 1 aliphatic rings. The first-order chi connectivity index (χ1) is 8.13. The lowest BCUT2D eigenvalue weighted by Crippen LogP contribution is -2.35. The van der Waals surface area contributed by atoms with Crippen LogP contribution in [-0.2, 0) is 4.79 Å². The van der Waals surface area contributed by atoms with E-state index in [1.54, 1.807) is 0 Å². The van der Waals surface area contributed by atoms with Crippen LogP contribution in [0.3, 0.4) is 0 Å². The molecule has 0 aromatic carbocycles. The summed E-state index contributed by atoms with van der Waals surface area (Å²) in [6.07, 6.45) is 4.38. The van der Waals surface area contributed by atoms with Crippen molar-refractivity contribution in [1.29, 1.82) is 0 Å². The van der Waals surface area contributed by atoms with E-state index in [0.29, 0.717) is 6.42 Å². The van der Waals surface area contributed by atoms with E-state index in [9.17, 15) is 4.79 Å². The second-order valence-electron chi connectivity index (χ2n) is 5.23. The maximum atomic E-state index is 11.7. The van der Waals surface area contributed by atoms with Crippen LogP contribution in [0.25, 0.3) is 0 Å². The summed E-state index contributed by atoms with van der Waals surface area (Å²) in [7, 11) is 5.99. The van der Waals surface area contributed by atoms with Gasteiger partial charge in [-0.3, -0.25) is 4.79 Å². The fourth-order valence-electron chi connectivity index (χ4n) is 2.43. The van der Waals surface area contributed by atoms with Crippen LogP contribution in [0.1, 0.15) is 25.7 Å². The summed E-state index contributed by atoms with van der Waals surface area (Å²) in [5.41, 5.74) is 0. The van der Waals surface area contributed by atoms with E-state index >= 15 is 0 Å². The van der Waals surface area contributed by atoms with Gasteiger partial charge in [0.05, 0.1) is 0 Å². The average molecular weight is 241 g/mol. The molecule has 1 amide bonds. The largest absolute Gasteiger partial charge is 0.346 e. The molecule has 0 aromatic rings. The topological polar surface area (TPSA) is 35.6 Å². The standard InChI is InChI=1S/C13H27N3O/c1-14-8-6-13(17)16(3)10-7-12-5-4-9-15(2)11-12/h12,14H,4-11H2,1-3H3. The van der Waals surface area contributed by atoms with Gasteiger partial charge in [-0.25, -0.2) is 0 Å². The predicted octanol–water partition coefficient (Wildman–Crippen LogP) is 0.786. The molecule has 1 aliphatic heterocycles. The Kier molecular flexibility index (Phi) is 6.52. The highest BCUT2D eigenvalue weighted by Crippen LogP contribution is 2.18. The predicted molar refractivity (Wildman–Crippen MR) is 71.0 cm³/mol. The third-order valence-electron chi connectivity index (χ3n) is 3.61. The van der Waals surface area contributed by atoms with Crippen molar-refractivity contribution in [3.8, 4) is 0 Å². The lowest BCUT2D eigenvalue weighted by atomic mass is 9.95. The van der Waals surface area contributed by atoms with Gasteiger partial charge in [0.1, 0.15) is 0 Å². The van der Waals surface area contributed by atoms with Crippen molar-refractivity contribution in [2.45, 2.75) is 25.7 Å². The Morgan fingerprint density at radius 3 is 2.94 bits per heavy atom. The molecule has 1 atom stereocenters. The first-order valence-electron chi connectivity index (χ1n) is 6.70. The minimum Gasteiger partial charge on any atom is -0.346 e. The van der Waals surface area contributed by atoms with Crippen LogP contribution in [0.5, 0.6) is 0 Å². The maximum Gasteiger partial charge on any atom is 0.223 e. The van der Waals surface area contributed by atoms with Gasteiger partial charge in [0, 0.05) is 33.1 Å². The van der Waals surface area contributed by atoms with Crippen LogP contribution in [0.2, 0.25) is 0 Å². The van der Waals surface area contributed by atoms with E-state index in [1.165, 1.54) is 25.9 Å². The molecule has 0 aromatic heterocycles. The Morgan fingerprint density at radius 1 is 1.53 bits per heavy atom. The molecule has 1 unspecified atom stereocenters. The zero-order chi connectivity index (χ0) is 12.7. The number of hydrogen-bond donors (Lipinski definition) is 1. The smallest absolute Gasteiger partial charge is 0.223 e. The Hall–Kier alpha value is -0.610. The van der Waals surface area contributed by atoms with Gasteiger partial charge in [-0.15, -0.1) is 0 Å². The van der Waals surface area contributed by atoms with E-state index < -0.39 is 0 Å². The third-order valence-corrected chi connectivity index (χ3v) is 3.61. The fourth-order valence-corrected chi connectivity index (χ4v) is 2.43. The van der Waals surface area contributed by atoms with Gasteiger partial charge >= 0.3 is 0 Å². The van der Waals surface area contributed by atoms with Crippen LogP contribution in [0.4, 0.5) is 0 Å². The number of carbonyl (C=O) groups is 1. The van der Waals surface area contributed by atoms with Crippen molar-refractivity contribution in [1.82, 2.24) is 15.1 Å². The summed E-state index contributed by atoms with van der Waals surface area (Å²) >= 11 is 0. The van der Waals surface area contributed by atoms with Crippen molar-refractivity contribution in [3.63, 3.8) is 0 Å². The van der Waals surface area contributed by atoms with Crippen LogP contribution >= 0.6 is 0 Å². The van der Waals surface area contributed by atoms with Gasteiger partial charge in [-0.1, -0.05) is 0 Å². The SMILES string of the molecule is CNCCC(=O)N(C)CCC1CCCN(C)C1. The summed E-state index contributed by atoms with van der Waals surface area (Å²) in [5.74, 6) is 1.02. The summed E-state index contributed by atoms with van der Waals surface area (Å²) in [6.45, 7) is 4.10. The van der Waals surface area contributed by atoms with E-state index in [-0.39, 0.29) is 5.91 Å². The quantitative estimate of drug-likeness (QED) is 0.747. The van der Waals surface area contributed by atoms with Crippen molar-refractivity contribution in [2.24, 2.45) is 5.92 Å². The highest BCUT2D eigenvalue weighted by atomic mass is 16.2. The molecule has 0 aliphatic carbocycles. The van der Waals surface area contributed by atoms with Gasteiger partial charge in [0.2, 0.25) is 5.91 Å². The van der Waals surface area contributed by atoms with Gasteiger partial charge in [0.15, 0.2) is 0 Å². The van der Waals surface area contributed by atoms with Gasteiger partial charge in [-0.2, -0.15) is 0 Å². The molecule has 100 valence electrons. The van der Waals surface area contributed by atoms with Crippen LogP contribution in [0, 0.1) is 5.92 Å². The third kappa shape index (κ3) is 5.50. The molecular formula is C13H27N3O. The second-order valence-corrected chi connectivity index (χ2v) is 5.23. The lowest BCUT2D eigenvalue weighted by Gasteiger charge is -2.30. The Labute approximate surface area is 105 Å². The normalized spacial score (nSPS) is 21.5. The summed E-state index contributed by atoms with van der Waals surface area (Å²) in [5, 5.41) is 3.01. The number of carbonyl (C=O) groups excluding carboxylic acids is 1. The summed E-state index contributed by atoms with van der Waals surface area (Å²) in [6, 6.07) is 0. The molecule has 4 nitrogen and oxygen atoms in total. The van der Waals surface area contributed by atoms with Gasteiger partial charge < -0.3 is 15.1 Å². The van der Waals surface area contributed by atoms with Crippen LogP contribution < -0.4 is 5.32 Å². The number of nitrogens with zero attached hydrogens (tertiary/aromatic N) is 2. The van der Waals surface area contributed by atoms with Gasteiger partial charge in [0.25, 0.3) is 0 Å². The zero-order valence-electron chi connectivity index (χ0n) is 11.5. The molecule has 1 heterocycles. The maximum absolute atomic E-state index is 11.7. The minimum absolute atomic E-state index is 0.253. The van der Waals surface area contributed by atoms with Crippen molar-refractivity contribution < 1.29 is 4.79 Å². The van der Waals surface area contributed by atoms with Crippen molar-refractivity contribution in [3.05, 3.63) is 0 Å². The molecule has 17 heavy (non-hydrogen) atoms. The summed E-state index contributed by atoms with van der Waals surface area (Å²) < 4.78 is 0. The van der Waals surface area contributed by atoms with E-state index in [2.05, 4.69) is 17.3 Å². The average Bonchev–Trinajstić information content (AvgIpc) is 2.33. The molecule has 0 spiro atoms. The number of amides is 1. The Morgan fingerprint density at radius 2 is 2.29 bits per heavy atom. The number of hydrogen-bond acceptors (Lipinski definition) is 3. The van der Waals surface area contributed by atoms with Crippen LogP contribution in [0.15, 0.2) is 0 Å². The second kappa shape index (κ2) is 7.67. The highest BCUT2D eigenvalue weighted by Gasteiger charge is 2.18. The number of piperidine rings is 1. The zero-order valence-corrected chi connectivity index (χ0v) is 11.5. The molecule has 1 fully saturated rings. The first-order valence-corrected chi connectivity index (χ1v) is 6.70. The van der Waals surface area contributed by atoms with Gasteiger partial charge in [-0.05, 0) is 45.8 Å². The van der Waals surface area contributed by atoms with Crippen molar-refractivity contribution in [2.75, 3.05) is 47.3 Å².